The number of amides is 2. The smallest absolute Gasteiger partial charge is 0.331 e. The maximum Gasteiger partial charge on any atom is 0.357 e. The van der Waals surface area contributed by atoms with Crippen molar-refractivity contribution in [2.45, 2.75) is 16.6 Å². The van der Waals surface area contributed by atoms with Gasteiger partial charge in [-0.25, -0.2) is 18.0 Å². The number of carbonyl (C=O) groups is 1. The second kappa shape index (κ2) is 6.29. The van der Waals surface area contributed by atoms with E-state index in [4.69, 9.17) is 0 Å². The van der Waals surface area contributed by atoms with Crippen molar-refractivity contribution in [2.24, 2.45) is 0 Å². The van der Waals surface area contributed by atoms with Crippen LogP contribution < -0.4 is 5.32 Å². The van der Waals surface area contributed by atoms with Crippen LogP contribution in [0.5, 0.6) is 0 Å². The van der Waals surface area contributed by atoms with Gasteiger partial charge in [0.15, 0.2) is 0 Å². The second-order valence-corrected chi connectivity index (χ2v) is 5.15. The first-order chi connectivity index (χ1) is 9.13. The van der Waals surface area contributed by atoms with Gasteiger partial charge in [0.05, 0.1) is 5.69 Å². The van der Waals surface area contributed by atoms with Gasteiger partial charge < -0.3 is 10.2 Å². The molecule has 0 fully saturated rings. The largest absolute Gasteiger partial charge is 0.357 e. The molecule has 9 heteroatoms. The van der Waals surface area contributed by atoms with E-state index in [1.165, 1.54) is 14.1 Å². The predicted molar refractivity (Wildman–Crippen MR) is 65.9 cm³/mol. The molecule has 0 aliphatic heterocycles. The van der Waals surface area contributed by atoms with Gasteiger partial charge in [0.25, 0.3) is 0 Å². The van der Waals surface area contributed by atoms with Gasteiger partial charge in [-0.15, -0.1) is 0 Å². The predicted octanol–water partition coefficient (Wildman–Crippen LogP) is 3.87. The molecule has 0 atom stereocenters. The summed E-state index contributed by atoms with van der Waals surface area (Å²) in [5, 5.41) is -2.12. The molecule has 0 saturated heterocycles. The molecule has 0 aliphatic carbocycles. The minimum absolute atomic E-state index is 0.228. The zero-order valence-electron chi connectivity index (χ0n) is 10.5. The number of nitrogens with zero attached hydrogens (tertiary/aromatic N) is 1. The van der Waals surface area contributed by atoms with E-state index >= 15 is 0 Å². The van der Waals surface area contributed by atoms with Gasteiger partial charge in [0.2, 0.25) is 0 Å². The standard InChI is InChI=1S/C11H11F5N2OS/c1-18(2)10(19)17-8-4-3-6(5-7(8)12)20-11(15,16)9(13)14/h3-5,9H,1-2H3,(H,17,19). The van der Waals surface area contributed by atoms with Gasteiger partial charge in [-0.05, 0) is 30.0 Å². The molecule has 112 valence electrons. The van der Waals surface area contributed by atoms with E-state index in [1.54, 1.807) is 0 Å². The molecule has 0 radical (unpaired) electrons. The zero-order valence-corrected chi connectivity index (χ0v) is 11.3. The molecule has 0 bridgehead atoms. The molecule has 0 aromatic heterocycles. The zero-order chi connectivity index (χ0) is 15.5. The molecule has 0 heterocycles. The van der Waals surface area contributed by atoms with Crippen molar-refractivity contribution in [3.8, 4) is 0 Å². The van der Waals surface area contributed by atoms with Crippen LogP contribution in [0.15, 0.2) is 23.1 Å². The number of alkyl halides is 4. The molecule has 1 N–H and O–H groups in total. The highest BCUT2D eigenvalue weighted by Gasteiger charge is 2.42. The Hall–Kier alpha value is -1.51. The average Bonchev–Trinajstić information content (AvgIpc) is 2.31. The summed E-state index contributed by atoms with van der Waals surface area (Å²) < 4.78 is 63.2. The maximum atomic E-state index is 13.6. The van der Waals surface area contributed by atoms with E-state index in [2.05, 4.69) is 5.32 Å². The SMILES string of the molecule is CN(C)C(=O)Nc1ccc(SC(F)(F)C(F)F)cc1F. The lowest BCUT2D eigenvalue weighted by Gasteiger charge is -2.15. The molecular weight excluding hydrogens is 303 g/mol. The monoisotopic (exact) mass is 314 g/mol. The number of thioether (sulfide) groups is 1. The fraction of sp³-hybridized carbons (Fsp3) is 0.364. The first-order valence-electron chi connectivity index (χ1n) is 5.26. The molecule has 20 heavy (non-hydrogen) atoms. The summed E-state index contributed by atoms with van der Waals surface area (Å²) >= 11 is -0.444. The number of hydrogen-bond donors (Lipinski definition) is 1. The third-order valence-electron chi connectivity index (χ3n) is 2.10. The van der Waals surface area contributed by atoms with E-state index in [-0.39, 0.29) is 10.6 Å². The van der Waals surface area contributed by atoms with Crippen LogP contribution in [0.25, 0.3) is 0 Å². The van der Waals surface area contributed by atoms with E-state index in [9.17, 15) is 26.7 Å². The number of nitrogens with one attached hydrogen (secondary N) is 1. The molecular formula is C11H11F5N2OS. The van der Waals surface area contributed by atoms with Crippen LogP contribution >= 0.6 is 11.8 Å². The summed E-state index contributed by atoms with van der Waals surface area (Å²) in [6, 6.07) is 2.10. The fourth-order valence-electron chi connectivity index (χ4n) is 1.09. The summed E-state index contributed by atoms with van der Waals surface area (Å²) in [4.78, 5) is 12.1. The maximum absolute atomic E-state index is 13.6. The Morgan fingerprint density at radius 1 is 1.35 bits per heavy atom. The Morgan fingerprint density at radius 2 is 1.95 bits per heavy atom. The van der Waals surface area contributed by atoms with Crippen LogP contribution in [0.2, 0.25) is 0 Å². The minimum Gasteiger partial charge on any atom is -0.331 e. The van der Waals surface area contributed by atoms with Crippen LogP contribution in [0.1, 0.15) is 0 Å². The van der Waals surface area contributed by atoms with Gasteiger partial charge >= 0.3 is 17.7 Å². The molecule has 1 rings (SSSR count). The van der Waals surface area contributed by atoms with Gasteiger partial charge in [-0.3, -0.25) is 0 Å². The van der Waals surface area contributed by atoms with E-state index in [0.717, 1.165) is 17.0 Å². The first kappa shape index (κ1) is 16.5. The Bertz CT molecular complexity index is 496. The summed E-state index contributed by atoms with van der Waals surface area (Å²) in [5.74, 6) is -0.990. The number of halogens is 5. The van der Waals surface area contributed by atoms with Crippen molar-refractivity contribution in [1.29, 1.82) is 0 Å². The van der Waals surface area contributed by atoms with Crippen molar-refractivity contribution in [3.63, 3.8) is 0 Å². The molecule has 0 aliphatic rings. The Morgan fingerprint density at radius 3 is 2.40 bits per heavy atom. The number of rotatable bonds is 4. The van der Waals surface area contributed by atoms with Crippen LogP contribution in [0.3, 0.4) is 0 Å². The van der Waals surface area contributed by atoms with Crippen molar-refractivity contribution in [2.75, 3.05) is 19.4 Å². The first-order valence-corrected chi connectivity index (χ1v) is 6.08. The Balaban J connectivity index is 2.86. The summed E-state index contributed by atoms with van der Waals surface area (Å²) in [7, 11) is 2.86. The second-order valence-electron chi connectivity index (χ2n) is 3.93. The molecule has 1 aromatic rings. The summed E-state index contributed by atoms with van der Waals surface area (Å²) in [6.45, 7) is 0. The number of anilines is 1. The van der Waals surface area contributed by atoms with Gasteiger partial charge in [-0.2, -0.15) is 8.78 Å². The quantitative estimate of drug-likeness (QED) is 0.676. The Kier molecular flexibility index (Phi) is 5.21. The highest BCUT2D eigenvalue weighted by atomic mass is 32.2. The van der Waals surface area contributed by atoms with Crippen molar-refractivity contribution in [3.05, 3.63) is 24.0 Å². The third-order valence-corrected chi connectivity index (χ3v) is 3.04. The van der Waals surface area contributed by atoms with Crippen LogP contribution in [0, 0.1) is 5.82 Å². The lowest BCUT2D eigenvalue weighted by Crippen LogP contribution is -2.27. The average molecular weight is 314 g/mol. The van der Waals surface area contributed by atoms with E-state index in [1.807, 2.05) is 0 Å². The highest BCUT2D eigenvalue weighted by molar-refractivity contribution is 8.00. The molecule has 0 saturated carbocycles. The van der Waals surface area contributed by atoms with E-state index < -0.39 is 35.3 Å². The van der Waals surface area contributed by atoms with Gasteiger partial charge in [0, 0.05) is 19.0 Å². The number of benzene rings is 1. The normalized spacial score (nSPS) is 11.6. The highest BCUT2D eigenvalue weighted by Crippen LogP contribution is 2.41. The minimum atomic E-state index is -4.30. The number of urea groups is 1. The molecule has 1 aromatic carbocycles. The molecule has 2 amide bonds. The Labute approximate surface area is 116 Å². The van der Waals surface area contributed by atoms with Gasteiger partial charge in [-0.1, -0.05) is 0 Å². The van der Waals surface area contributed by atoms with Crippen LogP contribution in [-0.2, 0) is 0 Å². The number of hydrogen-bond acceptors (Lipinski definition) is 2. The van der Waals surface area contributed by atoms with Crippen molar-refractivity contribution in [1.82, 2.24) is 4.90 Å². The summed E-state index contributed by atoms with van der Waals surface area (Å²) in [6.07, 6.45) is -3.86. The topological polar surface area (TPSA) is 32.3 Å². The van der Waals surface area contributed by atoms with Crippen LogP contribution in [-0.4, -0.2) is 36.7 Å². The third kappa shape index (κ3) is 4.26. The van der Waals surface area contributed by atoms with Crippen molar-refractivity contribution >= 4 is 23.5 Å². The molecule has 3 nitrogen and oxygen atoms in total. The molecule has 0 unspecified atom stereocenters. The lowest BCUT2D eigenvalue weighted by molar-refractivity contribution is -0.0563. The van der Waals surface area contributed by atoms with Gasteiger partial charge in [0.1, 0.15) is 5.82 Å². The lowest BCUT2D eigenvalue weighted by atomic mass is 10.3. The summed E-state index contributed by atoms with van der Waals surface area (Å²) in [5.41, 5.74) is -0.228. The van der Waals surface area contributed by atoms with Crippen LogP contribution in [0.4, 0.5) is 32.4 Å². The molecule has 0 spiro atoms. The van der Waals surface area contributed by atoms with Crippen molar-refractivity contribution < 1.29 is 26.7 Å². The fourth-order valence-corrected chi connectivity index (χ4v) is 1.79. The van der Waals surface area contributed by atoms with E-state index in [0.29, 0.717) is 6.07 Å². The number of carbonyl (C=O) groups excluding carboxylic acids is 1.